The Kier molecular flexibility index (Phi) is 6.49. The lowest BCUT2D eigenvalue weighted by Crippen LogP contribution is -2.44. The van der Waals surface area contributed by atoms with E-state index in [2.05, 4.69) is 20.8 Å². The van der Waals surface area contributed by atoms with Crippen molar-refractivity contribution in [3.8, 4) is 11.4 Å². The standard InChI is InChI=1S/C24H27N5O3/c1-32-21-9-5-6-18(14-21)15-24(13-11-23(31)27-24)12-10-22(30)25-16-19-17-26-29(28-19)20-7-3-2-4-8-20/h2-9,14,17H,10-13,15-16H2,1H3,(H,25,30)(H,27,31). The largest absolute Gasteiger partial charge is 0.497 e. The predicted molar refractivity (Wildman–Crippen MR) is 119 cm³/mol. The highest BCUT2D eigenvalue weighted by atomic mass is 16.5. The molecule has 1 unspecified atom stereocenters. The topological polar surface area (TPSA) is 98.1 Å². The van der Waals surface area contributed by atoms with Crippen molar-refractivity contribution in [2.75, 3.05) is 7.11 Å². The first-order valence-electron chi connectivity index (χ1n) is 10.7. The molecule has 0 radical (unpaired) electrons. The van der Waals surface area contributed by atoms with Gasteiger partial charge in [0.05, 0.1) is 25.5 Å². The summed E-state index contributed by atoms with van der Waals surface area (Å²) in [5.74, 6) is 0.736. The van der Waals surface area contributed by atoms with Crippen LogP contribution in [0.5, 0.6) is 5.75 Å². The molecule has 2 amide bonds. The zero-order valence-electron chi connectivity index (χ0n) is 18.1. The second-order valence-corrected chi connectivity index (χ2v) is 8.09. The number of aromatic nitrogens is 3. The van der Waals surface area contributed by atoms with E-state index in [9.17, 15) is 9.59 Å². The molecule has 0 aliphatic carbocycles. The molecule has 3 aromatic rings. The van der Waals surface area contributed by atoms with Crippen LogP contribution in [0.3, 0.4) is 0 Å². The molecule has 1 saturated heterocycles. The van der Waals surface area contributed by atoms with Gasteiger partial charge in [-0.05, 0) is 49.1 Å². The number of nitrogens with one attached hydrogen (secondary N) is 2. The van der Waals surface area contributed by atoms with Crippen LogP contribution in [0.1, 0.15) is 36.9 Å². The Morgan fingerprint density at radius 2 is 2.06 bits per heavy atom. The van der Waals surface area contributed by atoms with E-state index < -0.39 is 5.54 Å². The van der Waals surface area contributed by atoms with E-state index >= 15 is 0 Å². The maximum atomic E-state index is 12.5. The van der Waals surface area contributed by atoms with Crippen molar-refractivity contribution in [1.82, 2.24) is 25.6 Å². The first-order chi connectivity index (χ1) is 15.5. The zero-order valence-corrected chi connectivity index (χ0v) is 18.1. The quantitative estimate of drug-likeness (QED) is 0.541. The second kappa shape index (κ2) is 9.64. The van der Waals surface area contributed by atoms with Gasteiger partial charge in [0, 0.05) is 18.4 Å². The highest BCUT2D eigenvalue weighted by molar-refractivity contribution is 5.80. The summed E-state index contributed by atoms with van der Waals surface area (Å²) >= 11 is 0. The molecule has 166 valence electrons. The summed E-state index contributed by atoms with van der Waals surface area (Å²) < 4.78 is 5.31. The third-order valence-corrected chi connectivity index (χ3v) is 5.74. The highest BCUT2D eigenvalue weighted by Crippen LogP contribution is 2.30. The molecule has 1 aliphatic rings. The van der Waals surface area contributed by atoms with Crippen LogP contribution in [0.2, 0.25) is 0 Å². The molecule has 0 saturated carbocycles. The number of benzene rings is 2. The summed E-state index contributed by atoms with van der Waals surface area (Å²) in [4.78, 5) is 26.1. The summed E-state index contributed by atoms with van der Waals surface area (Å²) in [5.41, 5.74) is 2.20. The SMILES string of the molecule is COc1cccc(CC2(CCC(=O)NCc3cnn(-c4ccccc4)n3)CCC(=O)N2)c1. The lowest BCUT2D eigenvalue weighted by atomic mass is 9.85. The van der Waals surface area contributed by atoms with Crippen LogP contribution < -0.4 is 15.4 Å². The molecular weight excluding hydrogens is 406 g/mol. The van der Waals surface area contributed by atoms with E-state index in [-0.39, 0.29) is 11.8 Å². The maximum Gasteiger partial charge on any atom is 0.220 e. The van der Waals surface area contributed by atoms with Gasteiger partial charge < -0.3 is 15.4 Å². The van der Waals surface area contributed by atoms with Gasteiger partial charge in [-0.25, -0.2) is 0 Å². The van der Waals surface area contributed by atoms with Crippen molar-refractivity contribution in [2.45, 2.75) is 44.2 Å². The van der Waals surface area contributed by atoms with Crippen LogP contribution in [-0.2, 0) is 22.6 Å². The Morgan fingerprint density at radius 3 is 2.81 bits per heavy atom. The Hall–Kier alpha value is -3.68. The number of carbonyl (C=O) groups excluding carboxylic acids is 2. The molecule has 4 rings (SSSR count). The molecule has 32 heavy (non-hydrogen) atoms. The molecular formula is C24H27N5O3. The van der Waals surface area contributed by atoms with Gasteiger partial charge in [0.2, 0.25) is 11.8 Å². The van der Waals surface area contributed by atoms with Crippen LogP contribution in [0, 0.1) is 0 Å². The van der Waals surface area contributed by atoms with Crippen molar-refractivity contribution in [1.29, 1.82) is 0 Å². The van der Waals surface area contributed by atoms with E-state index in [0.717, 1.165) is 17.0 Å². The molecule has 8 nitrogen and oxygen atoms in total. The summed E-state index contributed by atoms with van der Waals surface area (Å²) in [6, 6.07) is 17.4. The fourth-order valence-corrected chi connectivity index (χ4v) is 4.05. The number of methoxy groups -OCH3 is 1. The van der Waals surface area contributed by atoms with E-state index in [4.69, 9.17) is 4.74 Å². The number of ether oxygens (including phenoxy) is 1. The van der Waals surface area contributed by atoms with E-state index in [1.807, 2.05) is 54.6 Å². The fraction of sp³-hybridized carbons (Fsp3) is 0.333. The molecule has 2 heterocycles. The fourth-order valence-electron chi connectivity index (χ4n) is 4.05. The lowest BCUT2D eigenvalue weighted by Gasteiger charge is -2.29. The minimum Gasteiger partial charge on any atom is -0.497 e. The van der Waals surface area contributed by atoms with Gasteiger partial charge in [0.15, 0.2) is 0 Å². The van der Waals surface area contributed by atoms with Crippen LogP contribution in [0.25, 0.3) is 5.69 Å². The van der Waals surface area contributed by atoms with Crippen LogP contribution in [0.15, 0.2) is 60.8 Å². The minimum atomic E-state index is -0.419. The number of nitrogens with zero attached hydrogens (tertiary/aromatic N) is 3. The molecule has 1 aliphatic heterocycles. The molecule has 0 bridgehead atoms. The summed E-state index contributed by atoms with van der Waals surface area (Å²) in [6.45, 7) is 0.306. The van der Waals surface area contributed by atoms with Crippen LogP contribution in [0.4, 0.5) is 0 Å². The Labute approximate surface area is 187 Å². The normalized spacial score (nSPS) is 17.7. The molecule has 1 aromatic heterocycles. The lowest BCUT2D eigenvalue weighted by molar-refractivity contribution is -0.122. The van der Waals surface area contributed by atoms with Gasteiger partial charge in [-0.2, -0.15) is 15.0 Å². The molecule has 2 aromatic carbocycles. The third kappa shape index (κ3) is 5.32. The van der Waals surface area contributed by atoms with Gasteiger partial charge >= 0.3 is 0 Å². The van der Waals surface area contributed by atoms with Gasteiger partial charge in [0.25, 0.3) is 0 Å². The number of rotatable bonds is 9. The van der Waals surface area contributed by atoms with Crippen molar-refractivity contribution in [3.05, 3.63) is 72.1 Å². The molecule has 0 spiro atoms. The van der Waals surface area contributed by atoms with Crippen molar-refractivity contribution < 1.29 is 14.3 Å². The number of amides is 2. The van der Waals surface area contributed by atoms with Crippen molar-refractivity contribution >= 4 is 11.8 Å². The second-order valence-electron chi connectivity index (χ2n) is 8.09. The average molecular weight is 434 g/mol. The number of hydrogen-bond donors (Lipinski definition) is 2. The van der Waals surface area contributed by atoms with Crippen molar-refractivity contribution in [2.24, 2.45) is 0 Å². The van der Waals surface area contributed by atoms with Gasteiger partial charge in [-0.15, -0.1) is 0 Å². The zero-order chi connectivity index (χ0) is 22.4. The Morgan fingerprint density at radius 1 is 1.22 bits per heavy atom. The summed E-state index contributed by atoms with van der Waals surface area (Å²) in [5, 5.41) is 14.7. The first-order valence-corrected chi connectivity index (χ1v) is 10.7. The van der Waals surface area contributed by atoms with Crippen LogP contribution in [-0.4, -0.2) is 39.5 Å². The van der Waals surface area contributed by atoms with E-state index in [1.165, 1.54) is 0 Å². The number of carbonyl (C=O) groups is 2. The molecule has 2 N–H and O–H groups in total. The molecule has 1 atom stereocenters. The van der Waals surface area contributed by atoms with Gasteiger partial charge in [0.1, 0.15) is 11.4 Å². The highest BCUT2D eigenvalue weighted by Gasteiger charge is 2.37. The number of para-hydroxylation sites is 1. The van der Waals surface area contributed by atoms with Crippen molar-refractivity contribution in [3.63, 3.8) is 0 Å². The molecule has 8 heteroatoms. The Bertz CT molecular complexity index is 1080. The summed E-state index contributed by atoms with van der Waals surface area (Å²) in [7, 11) is 1.63. The Balaban J connectivity index is 1.33. The van der Waals surface area contributed by atoms with E-state index in [0.29, 0.717) is 44.3 Å². The van der Waals surface area contributed by atoms with Gasteiger partial charge in [-0.3, -0.25) is 9.59 Å². The first kappa shape index (κ1) is 21.5. The summed E-state index contributed by atoms with van der Waals surface area (Å²) in [6.07, 6.45) is 4.38. The third-order valence-electron chi connectivity index (χ3n) is 5.74. The maximum absolute atomic E-state index is 12.5. The predicted octanol–water partition coefficient (Wildman–Crippen LogP) is 2.56. The average Bonchev–Trinajstić information content (AvgIpc) is 3.44. The van der Waals surface area contributed by atoms with E-state index in [1.54, 1.807) is 18.1 Å². The van der Waals surface area contributed by atoms with Gasteiger partial charge in [-0.1, -0.05) is 30.3 Å². The molecule has 1 fully saturated rings. The smallest absolute Gasteiger partial charge is 0.220 e. The minimum absolute atomic E-state index is 0.0332. The monoisotopic (exact) mass is 433 g/mol. The number of hydrogen-bond acceptors (Lipinski definition) is 5. The van der Waals surface area contributed by atoms with Crippen LogP contribution >= 0.6 is 0 Å².